The van der Waals surface area contributed by atoms with Crippen LogP contribution >= 0.6 is 0 Å². The van der Waals surface area contributed by atoms with Gasteiger partial charge in [-0.05, 0) is 12.1 Å². The van der Waals surface area contributed by atoms with Crippen molar-refractivity contribution in [3.8, 4) is 5.75 Å². The minimum Gasteiger partial charge on any atom is -0.463 e. The molecule has 0 bridgehead atoms. The number of aromatic nitrogens is 2. The summed E-state index contributed by atoms with van der Waals surface area (Å²) >= 11 is 0. The lowest BCUT2D eigenvalue weighted by Crippen LogP contribution is -2.33. The maximum atomic E-state index is 10.1. The lowest BCUT2D eigenvalue weighted by atomic mass is 10.2. The molecule has 0 saturated carbocycles. The Balaban J connectivity index is 1.90. The molecule has 4 nitrogen and oxygen atoms in total. The molecule has 90 valence electrons. The van der Waals surface area contributed by atoms with Crippen LogP contribution in [0.3, 0.4) is 0 Å². The Bertz CT molecular complexity index is 438. The molecule has 0 spiro atoms. The summed E-state index contributed by atoms with van der Waals surface area (Å²) in [5.74, 6) is -0.505. The van der Waals surface area contributed by atoms with Crippen LogP contribution < -0.4 is 4.74 Å². The van der Waals surface area contributed by atoms with Crippen LogP contribution in [0.25, 0.3) is 0 Å². The second-order valence-corrected chi connectivity index (χ2v) is 4.14. The smallest absolute Gasteiger partial charge is 0.206 e. The minimum absolute atomic E-state index is 0.498. The van der Waals surface area contributed by atoms with E-state index in [-0.39, 0.29) is 0 Å². The molecule has 2 rings (SSSR count). The fraction of sp³-hybridized carbons (Fsp3) is 0.308. The van der Waals surface area contributed by atoms with E-state index in [9.17, 15) is 5.11 Å². The van der Waals surface area contributed by atoms with E-state index in [1.165, 1.54) is 0 Å². The van der Waals surface area contributed by atoms with Gasteiger partial charge < -0.3 is 14.4 Å². The van der Waals surface area contributed by atoms with Crippen molar-refractivity contribution in [2.45, 2.75) is 25.7 Å². The molecule has 1 aromatic carbocycles. The zero-order chi connectivity index (χ0) is 12.1. The predicted molar refractivity (Wildman–Crippen MR) is 64.5 cm³/mol. The summed E-state index contributed by atoms with van der Waals surface area (Å²) in [6.45, 7) is 2.33. The molecular formula is C13H16N2O2. The van der Waals surface area contributed by atoms with E-state index in [2.05, 4.69) is 4.98 Å². The highest BCUT2D eigenvalue weighted by Gasteiger charge is 2.21. The fourth-order valence-electron chi connectivity index (χ4n) is 1.55. The highest BCUT2D eigenvalue weighted by molar-refractivity contribution is 5.21. The predicted octanol–water partition coefficient (Wildman–Crippen LogP) is 2.06. The molecular weight excluding hydrogens is 216 g/mol. The fourth-order valence-corrected chi connectivity index (χ4v) is 1.55. The number of para-hydroxylation sites is 1. The van der Waals surface area contributed by atoms with Crippen molar-refractivity contribution in [3.05, 3.63) is 49.1 Å². The van der Waals surface area contributed by atoms with Gasteiger partial charge in [0.05, 0.1) is 6.33 Å². The first-order valence-electron chi connectivity index (χ1n) is 5.58. The van der Waals surface area contributed by atoms with E-state index in [4.69, 9.17) is 4.74 Å². The largest absolute Gasteiger partial charge is 0.463 e. The maximum Gasteiger partial charge on any atom is 0.206 e. The van der Waals surface area contributed by atoms with Crippen LogP contribution in [0.1, 0.15) is 13.3 Å². The molecule has 0 aliphatic rings. The molecule has 1 heterocycles. The van der Waals surface area contributed by atoms with E-state index >= 15 is 0 Å². The maximum absolute atomic E-state index is 10.1. The summed E-state index contributed by atoms with van der Waals surface area (Å²) in [7, 11) is 0. The number of nitrogens with zero attached hydrogens (tertiary/aromatic N) is 2. The Morgan fingerprint density at radius 1 is 1.35 bits per heavy atom. The van der Waals surface area contributed by atoms with Gasteiger partial charge in [0.25, 0.3) is 0 Å². The molecule has 0 aliphatic heterocycles. The number of imidazole rings is 1. The zero-order valence-electron chi connectivity index (χ0n) is 9.78. The lowest BCUT2D eigenvalue weighted by molar-refractivity contribution is -0.128. The van der Waals surface area contributed by atoms with Crippen LogP contribution in [0.2, 0.25) is 0 Å². The lowest BCUT2D eigenvalue weighted by Gasteiger charge is -2.24. The zero-order valence-corrected chi connectivity index (χ0v) is 9.78. The first kappa shape index (κ1) is 11.7. The van der Waals surface area contributed by atoms with Gasteiger partial charge in [-0.25, -0.2) is 4.98 Å². The first-order chi connectivity index (χ1) is 8.16. The van der Waals surface area contributed by atoms with Crippen molar-refractivity contribution in [3.63, 3.8) is 0 Å². The van der Waals surface area contributed by atoms with Crippen molar-refractivity contribution in [1.82, 2.24) is 9.55 Å². The Hall–Kier alpha value is -1.81. The molecule has 1 aromatic heterocycles. The number of aliphatic hydroxyl groups is 1. The van der Waals surface area contributed by atoms with E-state index in [1.54, 1.807) is 19.4 Å². The molecule has 4 heteroatoms. The minimum atomic E-state index is -1.17. The number of aryl methyl sites for hydroxylation is 1. The number of hydrogen-bond donors (Lipinski definition) is 1. The van der Waals surface area contributed by atoms with Gasteiger partial charge in [-0.3, -0.25) is 0 Å². The Labute approximate surface area is 100 Å². The average molecular weight is 232 g/mol. The molecule has 0 fully saturated rings. The molecule has 2 aromatic rings. The summed E-state index contributed by atoms with van der Waals surface area (Å²) in [4.78, 5) is 3.95. The normalized spacial score (nSPS) is 14.2. The van der Waals surface area contributed by atoms with Crippen molar-refractivity contribution in [2.24, 2.45) is 0 Å². The van der Waals surface area contributed by atoms with Crippen LogP contribution in [0.15, 0.2) is 49.1 Å². The van der Waals surface area contributed by atoms with Gasteiger partial charge in [-0.1, -0.05) is 18.2 Å². The van der Waals surface area contributed by atoms with Gasteiger partial charge >= 0.3 is 0 Å². The summed E-state index contributed by atoms with van der Waals surface area (Å²) in [5, 5.41) is 10.1. The van der Waals surface area contributed by atoms with Crippen molar-refractivity contribution >= 4 is 0 Å². The van der Waals surface area contributed by atoms with Crippen molar-refractivity contribution in [1.29, 1.82) is 0 Å². The highest BCUT2D eigenvalue weighted by Crippen LogP contribution is 2.19. The third kappa shape index (κ3) is 3.60. The van der Waals surface area contributed by atoms with Gasteiger partial charge in [0.2, 0.25) is 5.79 Å². The van der Waals surface area contributed by atoms with E-state index in [0.717, 1.165) is 0 Å². The van der Waals surface area contributed by atoms with Crippen LogP contribution in [0, 0.1) is 0 Å². The van der Waals surface area contributed by atoms with Crippen LogP contribution in [0.5, 0.6) is 5.75 Å². The molecule has 1 atom stereocenters. The van der Waals surface area contributed by atoms with Gasteiger partial charge in [0.1, 0.15) is 5.75 Å². The monoisotopic (exact) mass is 232 g/mol. The van der Waals surface area contributed by atoms with Crippen LogP contribution in [-0.2, 0) is 6.54 Å². The Morgan fingerprint density at radius 2 is 2.12 bits per heavy atom. The molecule has 0 radical (unpaired) electrons. The third-order valence-electron chi connectivity index (χ3n) is 2.47. The van der Waals surface area contributed by atoms with E-state index in [1.807, 2.05) is 41.1 Å². The molecule has 0 saturated heterocycles. The molecule has 0 amide bonds. The molecule has 1 N–H and O–H groups in total. The van der Waals surface area contributed by atoms with Gasteiger partial charge in [0.15, 0.2) is 0 Å². The van der Waals surface area contributed by atoms with Gasteiger partial charge in [0, 0.05) is 32.3 Å². The molecule has 1 unspecified atom stereocenters. The summed E-state index contributed by atoms with van der Waals surface area (Å²) in [5.41, 5.74) is 0. The first-order valence-corrected chi connectivity index (χ1v) is 5.58. The molecule has 17 heavy (non-hydrogen) atoms. The van der Waals surface area contributed by atoms with Crippen molar-refractivity contribution in [2.75, 3.05) is 0 Å². The molecule has 0 aliphatic carbocycles. The van der Waals surface area contributed by atoms with E-state index in [0.29, 0.717) is 18.7 Å². The highest BCUT2D eigenvalue weighted by atomic mass is 16.6. The number of benzene rings is 1. The SMILES string of the molecule is CC(O)(CCn1ccnc1)Oc1ccccc1. The number of hydrogen-bond acceptors (Lipinski definition) is 3. The topological polar surface area (TPSA) is 47.3 Å². The second-order valence-electron chi connectivity index (χ2n) is 4.14. The standard InChI is InChI=1S/C13H16N2O2/c1-13(16,7-9-15-10-8-14-11-15)17-12-5-3-2-4-6-12/h2-6,8,10-11,16H,7,9H2,1H3. The average Bonchev–Trinajstić information content (AvgIpc) is 2.80. The summed E-state index contributed by atoms with van der Waals surface area (Å²) in [6, 6.07) is 9.31. The van der Waals surface area contributed by atoms with Crippen LogP contribution in [-0.4, -0.2) is 20.4 Å². The van der Waals surface area contributed by atoms with Gasteiger partial charge in [-0.2, -0.15) is 0 Å². The number of rotatable bonds is 5. The van der Waals surface area contributed by atoms with Gasteiger partial charge in [-0.15, -0.1) is 0 Å². The quantitative estimate of drug-likeness (QED) is 0.803. The second kappa shape index (κ2) is 5.01. The Kier molecular flexibility index (Phi) is 3.44. The summed E-state index contributed by atoms with van der Waals surface area (Å²) < 4.78 is 7.43. The number of ether oxygens (including phenoxy) is 1. The summed E-state index contributed by atoms with van der Waals surface area (Å²) in [6.07, 6.45) is 5.79. The third-order valence-corrected chi connectivity index (χ3v) is 2.47. The van der Waals surface area contributed by atoms with Crippen LogP contribution in [0.4, 0.5) is 0 Å². The Morgan fingerprint density at radius 3 is 2.76 bits per heavy atom. The van der Waals surface area contributed by atoms with E-state index < -0.39 is 5.79 Å². The van der Waals surface area contributed by atoms with Crippen molar-refractivity contribution < 1.29 is 9.84 Å².